The zero-order valence-corrected chi connectivity index (χ0v) is 13.7. The van der Waals surface area contributed by atoms with Gasteiger partial charge in [0.25, 0.3) is 0 Å². The number of nitrogens with one attached hydrogen (secondary N) is 1. The summed E-state index contributed by atoms with van der Waals surface area (Å²) in [5.41, 5.74) is 4.59. The number of pyridine rings is 1. The van der Waals surface area contributed by atoms with Crippen LogP contribution in [0.2, 0.25) is 0 Å². The molecular formula is C21H14N4O. The van der Waals surface area contributed by atoms with E-state index in [9.17, 15) is 5.11 Å². The number of para-hydroxylation sites is 1. The fourth-order valence-corrected chi connectivity index (χ4v) is 3.34. The molecule has 0 fully saturated rings. The van der Waals surface area contributed by atoms with Gasteiger partial charge < -0.3 is 10.1 Å². The van der Waals surface area contributed by atoms with Gasteiger partial charge in [-0.3, -0.25) is 4.98 Å². The molecule has 3 heterocycles. The number of rotatable bonds is 2. The minimum absolute atomic E-state index is 0.158. The van der Waals surface area contributed by atoms with Gasteiger partial charge in [0.2, 0.25) is 0 Å². The van der Waals surface area contributed by atoms with Gasteiger partial charge in [-0.05, 0) is 52.8 Å². The van der Waals surface area contributed by atoms with Gasteiger partial charge in [-0.15, -0.1) is 0 Å². The molecule has 0 aliphatic carbocycles. The quantitative estimate of drug-likeness (QED) is 0.586. The molecule has 124 valence electrons. The monoisotopic (exact) mass is 338 g/mol. The summed E-state index contributed by atoms with van der Waals surface area (Å²) in [6.07, 6.45) is 7.28. The van der Waals surface area contributed by atoms with Crippen molar-refractivity contribution in [1.29, 1.82) is 0 Å². The van der Waals surface area contributed by atoms with Crippen LogP contribution in [-0.2, 0) is 0 Å². The molecule has 0 spiro atoms. The van der Waals surface area contributed by atoms with E-state index in [2.05, 4.69) is 26.3 Å². The Balaban J connectivity index is 1.78. The van der Waals surface area contributed by atoms with E-state index in [1.54, 1.807) is 18.6 Å². The smallest absolute Gasteiger partial charge is 0.196 e. The summed E-state index contributed by atoms with van der Waals surface area (Å²) >= 11 is 0. The molecule has 4 aromatic rings. The van der Waals surface area contributed by atoms with Gasteiger partial charge in [-0.2, -0.15) is 10.2 Å². The molecule has 5 heteroatoms. The number of aromatic nitrogens is 2. The molecular weight excluding hydrogens is 324 g/mol. The van der Waals surface area contributed by atoms with Crippen LogP contribution in [0.3, 0.4) is 0 Å². The lowest BCUT2D eigenvalue weighted by atomic mass is 10.0. The molecule has 5 nitrogen and oxygen atoms in total. The number of aromatic amines is 1. The molecule has 0 bridgehead atoms. The van der Waals surface area contributed by atoms with E-state index in [0.717, 1.165) is 43.7 Å². The van der Waals surface area contributed by atoms with Gasteiger partial charge >= 0.3 is 0 Å². The van der Waals surface area contributed by atoms with Crippen LogP contribution in [0.4, 0.5) is 5.69 Å². The molecule has 0 atom stereocenters. The fourth-order valence-electron chi connectivity index (χ4n) is 3.34. The molecule has 2 aromatic carbocycles. The first-order valence-corrected chi connectivity index (χ1v) is 8.26. The highest BCUT2D eigenvalue weighted by molar-refractivity contribution is 5.91. The highest BCUT2D eigenvalue weighted by Crippen LogP contribution is 2.27. The van der Waals surface area contributed by atoms with E-state index < -0.39 is 0 Å². The Morgan fingerprint density at radius 1 is 1.00 bits per heavy atom. The molecule has 1 aliphatic heterocycles. The van der Waals surface area contributed by atoms with E-state index in [1.165, 1.54) is 0 Å². The highest BCUT2D eigenvalue weighted by atomic mass is 16.3. The maximum Gasteiger partial charge on any atom is 0.196 e. The minimum atomic E-state index is 0.158. The Bertz CT molecular complexity index is 1290. The minimum Gasteiger partial charge on any atom is -0.494 e. The van der Waals surface area contributed by atoms with Crippen molar-refractivity contribution in [2.45, 2.75) is 0 Å². The van der Waals surface area contributed by atoms with Crippen LogP contribution in [0.1, 0.15) is 5.56 Å². The van der Waals surface area contributed by atoms with Gasteiger partial charge in [0.1, 0.15) is 0 Å². The number of hydrogen-bond acceptors (Lipinski definition) is 4. The summed E-state index contributed by atoms with van der Waals surface area (Å²) in [6.45, 7) is 0. The third kappa shape index (κ3) is 2.29. The van der Waals surface area contributed by atoms with E-state index in [4.69, 9.17) is 0 Å². The van der Waals surface area contributed by atoms with Crippen LogP contribution in [-0.4, -0.2) is 15.1 Å². The zero-order valence-electron chi connectivity index (χ0n) is 13.7. The number of benzene rings is 2. The highest BCUT2D eigenvalue weighted by Gasteiger charge is 2.10. The summed E-state index contributed by atoms with van der Waals surface area (Å²) in [7, 11) is 0. The largest absolute Gasteiger partial charge is 0.494 e. The average Bonchev–Trinajstić information content (AvgIpc) is 3.26. The molecule has 0 amide bonds. The lowest BCUT2D eigenvalue weighted by molar-refractivity contribution is 0.457. The van der Waals surface area contributed by atoms with Crippen LogP contribution in [0, 0.1) is 0 Å². The van der Waals surface area contributed by atoms with E-state index in [-0.39, 0.29) is 5.88 Å². The number of fused-ring (bicyclic) bond motifs is 2. The van der Waals surface area contributed by atoms with Crippen molar-refractivity contribution in [2.75, 3.05) is 0 Å². The molecule has 0 radical (unpaired) electrons. The first-order chi connectivity index (χ1) is 12.8. The Labute approximate surface area is 148 Å². The Hall–Kier alpha value is -3.73. The molecule has 5 rings (SSSR count). The molecule has 0 saturated carbocycles. The van der Waals surface area contributed by atoms with Gasteiger partial charge in [0.15, 0.2) is 5.88 Å². The van der Waals surface area contributed by atoms with Crippen molar-refractivity contribution in [1.82, 2.24) is 9.97 Å². The fraction of sp³-hybridized carbons (Fsp3) is 0. The Morgan fingerprint density at radius 3 is 2.73 bits per heavy atom. The first-order valence-electron chi connectivity index (χ1n) is 8.26. The van der Waals surface area contributed by atoms with Crippen molar-refractivity contribution in [3.63, 3.8) is 0 Å². The average molecular weight is 338 g/mol. The van der Waals surface area contributed by atoms with Crippen molar-refractivity contribution < 1.29 is 5.11 Å². The van der Waals surface area contributed by atoms with Crippen LogP contribution < -0.4 is 10.4 Å². The zero-order chi connectivity index (χ0) is 17.5. The SMILES string of the molecule is Oc1[nH]c2ccccc2c1/C=c1\cc2c(c(-c3ccncc3)c1)=CN=N2. The normalized spacial score (nSPS) is 13.2. The van der Waals surface area contributed by atoms with Gasteiger partial charge in [0, 0.05) is 34.1 Å². The summed E-state index contributed by atoms with van der Waals surface area (Å²) in [4.78, 5) is 7.11. The Morgan fingerprint density at radius 2 is 1.85 bits per heavy atom. The maximum absolute atomic E-state index is 10.3. The van der Waals surface area contributed by atoms with Crippen LogP contribution in [0.25, 0.3) is 34.3 Å². The third-order valence-electron chi connectivity index (χ3n) is 4.56. The Kier molecular flexibility index (Phi) is 3.18. The standard InChI is InChI=1S/C21H14N4O/c26-21-17(15-3-1-2-4-19(15)24-21)10-13-9-16(14-5-7-22-8-6-14)18-12-23-25-20(18)11-13/h1-12,24,26H/b13-10-. The molecule has 0 saturated heterocycles. The van der Waals surface area contributed by atoms with Gasteiger partial charge in [0.05, 0.1) is 11.9 Å². The van der Waals surface area contributed by atoms with E-state index in [0.29, 0.717) is 0 Å². The number of aromatic hydroxyl groups is 1. The lowest BCUT2D eigenvalue weighted by Crippen LogP contribution is -2.11. The summed E-state index contributed by atoms with van der Waals surface area (Å²) < 4.78 is 0. The molecule has 1 aliphatic rings. The molecule has 0 unspecified atom stereocenters. The molecule has 26 heavy (non-hydrogen) atoms. The second-order valence-electron chi connectivity index (χ2n) is 6.16. The van der Waals surface area contributed by atoms with Crippen molar-refractivity contribution in [2.24, 2.45) is 10.2 Å². The van der Waals surface area contributed by atoms with Crippen molar-refractivity contribution in [3.05, 3.63) is 76.9 Å². The summed E-state index contributed by atoms with van der Waals surface area (Å²) in [6, 6.07) is 15.8. The third-order valence-corrected chi connectivity index (χ3v) is 4.56. The second-order valence-corrected chi connectivity index (χ2v) is 6.16. The molecule has 2 aromatic heterocycles. The predicted octanol–water partition coefficient (Wildman–Crippen LogP) is 3.60. The van der Waals surface area contributed by atoms with Crippen LogP contribution in [0.15, 0.2) is 71.2 Å². The topological polar surface area (TPSA) is 73.6 Å². The number of nitrogens with zero attached hydrogens (tertiary/aromatic N) is 3. The second kappa shape index (κ2) is 5.67. The van der Waals surface area contributed by atoms with E-state index in [1.807, 2.05) is 48.5 Å². The van der Waals surface area contributed by atoms with Crippen LogP contribution >= 0.6 is 0 Å². The number of H-pyrrole nitrogens is 1. The predicted molar refractivity (Wildman–Crippen MR) is 101 cm³/mol. The van der Waals surface area contributed by atoms with E-state index >= 15 is 0 Å². The molecule has 2 N–H and O–H groups in total. The lowest BCUT2D eigenvalue weighted by Gasteiger charge is -2.03. The van der Waals surface area contributed by atoms with Crippen LogP contribution in [0.5, 0.6) is 5.88 Å². The first kappa shape index (κ1) is 14.6. The maximum atomic E-state index is 10.3. The summed E-state index contributed by atoms with van der Waals surface area (Å²) in [5, 5.41) is 21.5. The number of azo groups is 1. The van der Waals surface area contributed by atoms with Crippen molar-refractivity contribution in [3.8, 4) is 17.0 Å². The van der Waals surface area contributed by atoms with Crippen molar-refractivity contribution >= 4 is 28.9 Å². The summed E-state index contributed by atoms with van der Waals surface area (Å²) in [5.74, 6) is 0.158. The van der Waals surface area contributed by atoms with Gasteiger partial charge in [-0.1, -0.05) is 18.2 Å². The number of hydrogen-bond donors (Lipinski definition) is 2. The van der Waals surface area contributed by atoms with Gasteiger partial charge in [-0.25, -0.2) is 0 Å².